The molecule has 0 saturated carbocycles. The molecule has 21 heavy (non-hydrogen) atoms. The first-order valence-corrected chi connectivity index (χ1v) is 5.86. The van der Waals surface area contributed by atoms with Gasteiger partial charge in [0.2, 0.25) is 0 Å². The average molecular weight is 317 g/mol. The number of rotatable bonds is 7. The van der Waals surface area contributed by atoms with E-state index >= 15 is 0 Å². The molecule has 0 aliphatic heterocycles. The molecule has 3 nitrogen and oxygen atoms in total. The summed E-state index contributed by atoms with van der Waals surface area (Å²) in [6, 6.07) is 5.16. The van der Waals surface area contributed by atoms with Crippen LogP contribution in [0.5, 0.6) is 5.75 Å². The Bertz CT molecular complexity index is 415. The molecule has 0 aliphatic rings. The van der Waals surface area contributed by atoms with Gasteiger partial charge in [0.25, 0.3) is 0 Å². The summed E-state index contributed by atoms with van der Waals surface area (Å²) in [6.07, 6.45) is -9.09. The lowest BCUT2D eigenvalue weighted by Crippen LogP contribution is -2.23. The molecule has 0 bridgehead atoms. The minimum Gasteiger partial charge on any atom is -0.406 e. The summed E-state index contributed by atoms with van der Waals surface area (Å²) >= 11 is 0. The number of hydrogen-bond acceptors (Lipinski definition) is 3. The van der Waals surface area contributed by atoms with Gasteiger partial charge in [0.15, 0.2) is 0 Å². The van der Waals surface area contributed by atoms with E-state index in [2.05, 4.69) is 14.8 Å². The topological polar surface area (TPSA) is 30.5 Å². The molecule has 0 fully saturated rings. The molecule has 0 atom stereocenters. The minimum absolute atomic E-state index is 0.116. The van der Waals surface area contributed by atoms with Gasteiger partial charge in [-0.15, -0.1) is 13.2 Å². The molecule has 0 spiro atoms. The lowest BCUT2D eigenvalue weighted by atomic mass is 10.2. The van der Waals surface area contributed by atoms with Gasteiger partial charge in [0, 0.05) is 13.1 Å². The SMILES string of the molecule is FC(F)(F)COCCNCc1ccc(OC(F)(F)F)cc1. The van der Waals surface area contributed by atoms with Crippen molar-refractivity contribution in [3.63, 3.8) is 0 Å². The van der Waals surface area contributed by atoms with E-state index in [9.17, 15) is 26.3 Å². The zero-order valence-electron chi connectivity index (χ0n) is 10.7. The highest BCUT2D eigenvalue weighted by atomic mass is 19.4. The Morgan fingerprint density at radius 3 is 2.10 bits per heavy atom. The fourth-order valence-corrected chi connectivity index (χ4v) is 1.37. The Balaban J connectivity index is 2.21. The number of ether oxygens (including phenoxy) is 2. The van der Waals surface area contributed by atoms with Crippen LogP contribution < -0.4 is 10.1 Å². The van der Waals surface area contributed by atoms with Gasteiger partial charge in [-0.05, 0) is 17.7 Å². The third-order valence-electron chi connectivity index (χ3n) is 2.17. The van der Waals surface area contributed by atoms with Crippen molar-refractivity contribution in [3.8, 4) is 5.75 Å². The van der Waals surface area contributed by atoms with Crippen molar-refractivity contribution in [1.29, 1.82) is 0 Å². The van der Waals surface area contributed by atoms with Gasteiger partial charge in [0.1, 0.15) is 12.4 Å². The Kier molecular flexibility index (Phi) is 6.28. The second-order valence-corrected chi connectivity index (χ2v) is 4.04. The zero-order valence-corrected chi connectivity index (χ0v) is 10.7. The summed E-state index contributed by atoms with van der Waals surface area (Å²) in [7, 11) is 0. The Morgan fingerprint density at radius 1 is 0.952 bits per heavy atom. The quantitative estimate of drug-likeness (QED) is 0.618. The number of benzene rings is 1. The first kappa shape index (κ1) is 17.6. The van der Waals surface area contributed by atoms with E-state index in [1.165, 1.54) is 12.1 Å². The molecular weight excluding hydrogens is 304 g/mol. The average Bonchev–Trinajstić information content (AvgIpc) is 2.32. The Labute approximate surface area is 116 Å². The molecule has 0 saturated heterocycles. The molecule has 9 heteroatoms. The highest BCUT2D eigenvalue weighted by Gasteiger charge is 2.31. The van der Waals surface area contributed by atoms with Crippen molar-refractivity contribution in [2.24, 2.45) is 0 Å². The molecule has 1 aromatic rings. The van der Waals surface area contributed by atoms with E-state index in [4.69, 9.17) is 0 Å². The number of nitrogens with one attached hydrogen (secondary N) is 1. The Hall–Kier alpha value is -1.48. The summed E-state index contributed by atoms with van der Waals surface area (Å²) in [4.78, 5) is 0. The van der Waals surface area contributed by atoms with E-state index in [1.54, 1.807) is 0 Å². The normalized spacial score (nSPS) is 12.5. The van der Waals surface area contributed by atoms with Gasteiger partial charge < -0.3 is 14.8 Å². The smallest absolute Gasteiger partial charge is 0.406 e. The fraction of sp³-hybridized carbons (Fsp3) is 0.500. The maximum Gasteiger partial charge on any atom is 0.573 e. The van der Waals surface area contributed by atoms with Crippen LogP contribution in [0.25, 0.3) is 0 Å². The van der Waals surface area contributed by atoms with Crippen molar-refractivity contribution in [1.82, 2.24) is 5.32 Å². The monoisotopic (exact) mass is 317 g/mol. The van der Waals surface area contributed by atoms with Gasteiger partial charge in [0.05, 0.1) is 6.61 Å². The lowest BCUT2D eigenvalue weighted by Gasteiger charge is -2.10. The maximum absolute atomic E-state index is 11.9. The van der Waals surface area contributed by atoms with Crippen LogP contribution in [0.2, 0.25) is 0 Å². The highest BCUT2D eigenvalue weighted by molar-refractivity contribution is 5.27. The van der Waals surface area contributed by atoms with E-state index < -0.39 is 19.1 Å². The first-order chi connectivity index (χ1) is 9.66. The molecular formula is C12H13F6NO2. The second kappa shape index (κ2) is 7.51. The largest absolute Gasteiger partial charge is 0.573 e. The van der Waals surface area contributed by atoms with E-state index in [-0.39, 0.29) is 18.9 Å². The van der Waals surface area contributed by atoms with Gasteiger partial charge in [-0.25, -0.2) is 0 Å². The predicted octanol–water partition coefficient (Wildman–Crippen LogP) is 3.25. The molecule has 120 valence electrons. The number of halogens is 6. The standard InChI is InChI=1S/C12H13F6NO2/c13-11(14,15)8-20-6-5-19-7-9-1-3-10(4-2-9)21-12(16,17)18/h1-4,19H,5-8H2. The molecule has 0 aromatic heterocycles. The van der Waals surface area contributed by atoms with Crippen LogP contribution in [0.15, 0.2) is 24.3 Å². The maximum atomic E-state index is 11.9. The molecule has 1 aromatic carbocycles. The minimum atomic E-state index is -4.74. The van der Waals surface area contributed by atoms with Crippen LogP contribution in [0.3, 0.4) is 0 Å². The summed E-state index contributed by atoms with van der Waals surface area (Å²) < 4.78 is 79.1. The van der Waals surface area contributed by atoms with Crippen LogP contribution in [0.1, 0.15) is 5.56 Å². The zero-order chi connectivity index (χ0) is 15.9. The number of hydrogen-bond donors (Lipinski definition) is 1. The molecule has 1 N–H and O–H groups in total. The van der Waals surface area contributed by atoms with Crippen LogP contribution in [-0.4, -0.2) is 32.3 Å². The fourth-order valence-electron chi connectivity index (χ4n) is 1.37. The molecule has 0 aliphatic carbocycles. The van der Waals surface area contributed by atoms with Crippen molar-refractivity contribution in [2.75, 3.05) is 19.8 Å². The van der Waals surface area contributed by atoms with Crippen LogP contribution in [-0.2, 0) is 11.3 Å². The first-order valence-electron chi connectivity index (χ1n) is 5.86. The van der Waals surface area contributed by atoms with Crippen molar-refractivity contribution in [3.05, 3.63) is 29.8 Å². The summed E-state index contributed by atoms with van der Waals surface area (Å²) in [5.41, 5.74) is 0.667. The molecule has 0 heterocycles. The van der Waals surface area contributed by atoms with E-state index in [1.807, 2.05) is 0 Å². The van der Waals surface area contributed by atoms with Gasteiger partial charge in [-0.2, -0.15) is 13.2 Å². The molecule has 0 amide bonds. The molecule has 0 radical (unpaired) electrons. The summed E-state index contributed by atoms with van der Waals surface area (Å²) in [6.45, 7) is -0.939. The van der Waals surface area contributed by atoms with Gasteiger partial charge in [-0.1, -0.05) is 12.1 Å². The molecule has 1 rings (SSSR count). The van der Waals surface area contributed by atoms with Crippen molar-refractivity contribution in [2.45, 2.75) is 19.1 Å². The third kappa shape index (κ3) is 9.14. The summed E-state index contributed by atoms with van der Waals surface area (Å²) in [5, 5.41) is 2.80. The van der Waals surface area contributed by atoms with Crippen LogP contribution in [0, 0.1) is 0 Å². The van der Waals surface area contributed by atoms with Crippen molar-refractivity contribution < 1.29 is 35.8 Å². The number of alkyl halides is 6. The third-order valence-corrected chi connectivity index (χ3v) is 2.17. The van der Waals surface area contributed by atoms with E-state index in [0.29, 0.717) is 12.1 Å². The summed E-state index contributed by atoms with van der Waals surface area (Å²) in [5.74, 6) is -0.334. The molecule has 0 unspecified atom stereocenters. The lowest BCUT2D eigenvalue weighted by molar-refractivity contribution is -0.274. The van der Waals surface area contributed by atoms with Gasteiger partial charge in [-0.3, -0.25) is 0 Å². The van der Waals surface area contributed by atoms with Crippen LogP contribution >= 0.6 is 0 Å². The van der Waals surface area contributed by atoms with Gasteiger partial charge >= 0.3 is 12.5 Å². The predicted molar refractivity (Wildman–Crippen MR) is 61.7 cm³/mol. The Morgan fingerprint density at radius 2 is 1.57 bits per heavy atom. The van der Waals surface area contributed by atoms with E-state index in [0.717, 1.165) is 12.1 Å². The second-order valence-electron chi connectivity index (χ2n) is 4.04. The van der Waals surface area contributed by atoms with Crippen molar-refractivity contribution >= 4 is 0 Å². The highest BCUT2D eigenvalue weighted by Crippen LogP contribution is 2.22. The van der Waals surface area contributed by atoms with Crippen LogP contribution in [0.4, 0.5) is 26.3 Å².